The van der Waals surface area contributed by atoms with Crippen LogP contribution in [0.25, 0.3) is 0 Å². The van der Waals surface area contributed by atoms with E-state index in [-0.39, 0.29) is 24.5 Å². The molecule has 0 amide bonds. The Morgan fingerprint density at radius 3 is 2.52 bits per heavy atom. The number of hydrogen-bond acceptors (Lipinski definition) is 5. The van der Waals surface area contributed by atoms with E-state index in [1.165, 1.54) is 18.2 Å². The van der Waals surface area contributed by atoms with E-state index in [0.717, 1.165) is 6.07 Å². The van der Waals surface area contributed by atoms with Crippen LogP contribution in [0.3, 0.4) is 0 Å². The zero-order valence-corrected chi connectivity index (χ0v) is 13.7. The van der Waals surface area contributed by atoms with Gasteiger partial charge in [0.15, 0.2) is 11.5 Å². The van der Waals surface area contributed by atoms with Crippen LogP contribution in [0.5, 0.6) is 11.5 Å². The average molecular weight is 375 g/mol. The van der Waals surface area contributed by atoms with Crippen LogP contribution in [0.1, 0.15) is 22.6 Å². The standard InChI is InChI=1S/C19H12F3NO4/c20-19(21,22)11-4-2-1-3-9(11)16-10-5-14-15(27-8-26-14)6-12(10)23-13-7-25-18(24)17(13)16/h1-6,16,23H,7-8H2/t16-/m1/s1. The summed E-state index contributed by atoms with van der Waals surface area (Å²) in [5.41, 5.74) is 0.947. The van der Waals surface area contributed by atoms with Crippen LogP contribution in [-0.2, 0) is 15.7 Å². The fourth-order valence-corrected chi connectivity index (χ4v) is 3.76. The third-order valence-electron chi connectivity index (χ3n) is 4.90. The van der Waals surface area contributed by atoms with E-state index in [2.05, 4.69) is 5.32 Å². The van der Waals surface area contributed by atoms with Crippen LogP contribution < -0.4 is 14.8 Å². The van der Waals surface area contributed by atoms with Crippen molar-refractivity contribution in [2.24, 2.45) is 0 Å². The van der Waals surface area contributed by atoms with Gasteiger partial charge < -0.3 is 19.5 Å². The van der Waals surface area contributed by atoms with Crippen LogP contribution in [-0.4, -0.2) is 19.4 Å². The molecule has 5 nitrogen and oxygen atoms in total. The number of cyclic esters (lactones) is 1. The molecule has 138 valence electrons. The van der Waals surface area contributed by atoms with Crippen molar-refractivity contribution >= 4 is 11.7 Å². The number of rotatable bonds is 1. The maximum atomic E-state index is 13.6. The van der Waals surface area contributed by atoms with Gasteiger partial charge in [-0.25, -0.2) is 4.79 Å². The van der Waals surface area contributed by atoms with Gasteiger partial charge in [-0.15, -0.1) is 0 Å². The molecule has 0 aliphatic carbocycles. The molecule has 0 spiro atoms. The molecular formula is C19H12F3NO4. The van der Waals surface area contributed by atoms with E-state index in [9.17, 15) is 18.0 Å². The first-order valence-electron chi connectivity index (χ1n) is 8.20. The van der Waals surface area contributed by atoms with Crippen molar-refractivity contribution in [3.8, 4) is 11.5 Å². The van der Waals surface area contributed by atoms with Crippen molar-refractivity contribution in [2.75, 3.05) is 18.7 Å². The molecular weight excluding hydrogens is 363 g/mol. The van der Waals surface area contributed by atoms with Crippen LogP contribution in [0.4, 0.5) is 18.9 Å². The van der Waals surface area contributed by atoms with E-state index < -0.39 is 23.6 Å². The van der Waals surface area contributed by atoms with Crippen LogP contribution in [0, 0.1) is 0 Å². The van der Waals surface area contributed by atoms with Crippen LogP contribution in [0.2, 0.25) is 0 Å². The number of alkyl halides is 3. The molecule has 8 heteroatoms. The lowest BCUT2D eigenvalue weighted by molar-refractivity contribution is -0.139. The number of fused-ring (bicyclic) bond motifs is 2. The first-order chi connectivity index (χ1) is 12.9. The van der Waals surface area contributed by atoms with E-state index in [0.29, 0.717) is 28.4 Å². The lowest BCUT2D eigenvalue weighted by Crippen LogP contribution is -2.22. The summed E-state index contributed by atoms with van der Waals surface area (Å²) in [5, 5.41) is 3.09. The molecule has 0 saturated heterocycles. The first-order valence-corrected chi connectivity index (χ1v) is 8.20. The number of anilines is 1. The minimum atomic E-state index is -4.55. The molecule has 0 bridgehead atoms. The lowest BCUT2D eigenvalue weighted by Gasteiger charge is -2.29. The third kappa shape index (κ3) is 2.36. The van der Waals surface area contributed by atoms with Gasteiger partial charge >= 0.3 is 12.1 Å². The number of carbonyl (C=O) groups excluding carboxylic acids is 1. The van der Waals surface area contributed by atoms with Gasteiger partial charge in [0.25, 0.3) is 0 Å². The summed E-state index contributed by atoms with van der Waals surface area (Å²) in [6, 6.07) is 8.56. The smallest absolute Gasteiger partial charge is 0.416 e. The molecule has 2 aromatic carbocycles. The summed E-state index contributed by atoms with van der Waals surface area (Å²) in [7, 11) is 0. The minimum Gasteiger partial charge on any atom is -0.456 e. The van der Waals surface area contributed by atoms with E-state index in [1.807, 2.05) is 0 Å². The largest absolute Gasteiger partial charge is 0.456 e. The molecule has 3 aliphatic rings. The first kappa shape index (κ1) is 16.0. The monoisotopic (exact) mass is 375 g/mol. The van der Waals surface area contributed by atoms with Gasteiger partial charge in [0.05, 0.1) is 16.8 Å². The Morgan fingerprint density at radius 2 is 1.74 bits per heavy atom. The number of ether oxygens (including phenoxy) is 3. The molecule has 0 radical (unpaired) electrons. The van der Waals surface area contributed by atoms with Crippen molar-refractivity contribution in [2.45, 2.75) is 12.1 Å². The molecule has 0 unspecified atom stereocenters. The summed E-state index contributed by atoms with van der Waals surface area (Å²) >= 11 is 0. The minimum absolute atomic E-state index is 0.00188. The third-order valence-corrected chi connectivity index (χ3v) is 4.90. The fourth-order valence-electron chi connectivity index (χ4n) is 3.76. The molecule has 5 rings (SSSR count). The highest BCUT2D eigenvalue weighted by Crippen LogP contribution is 2.50. The molecule has 0 saturated carbocycles. The Balaban J connectivity index is 1.77. The highest BCUT2D eigenvalue weighted by Gasteiger charge is 2.43. The number of nitrogens with one attached hydrogen (secondary N) is 1. The highest BCUT2D eigenvalue weighted by molar-refractivity contribution is 5.97. The summed E-state index contributed by atoms with van der Waals surface area (Å²) < 4.78 is 56.8. The molecule has 1 N–H and O–H groups in total. The Labute approximate surface area is 151 Å². The quantitative estimate of drug-likeness (QED) is 0.769. The normalized spacial score (nSPS) is 20.1. The maximum Gasteiger partial charge on any atom is 0.416 e. The zero-order valence-electron chi connectivity index (χ0n) is 13.7. The van der Waals surface area contributed by atoms with Gasteiger partial charge in [0, 0.05) is 17.7 Å². The van der Waals surface area contributed by atoms with Gasteiger partial charge in [-0.3, -0.25) is 0 Å². The van der Waals surface area contributed by atoms with Crippen molar-refractivity contribution in [3.63, 3.8) is 0 Å². The van der Waals surface area contributed by atoms with Gasteiger partial charge in [-0.1, -0.05) is 18.2 Å². The Hall–Kier alpha value is -3.16. The van der Waals surface area contributed by atoms with Crippen molar-refractivity contribution in [1.82, 2.24) is 0 Å². The summed E-state index contributed by atoms with van der Waals surface area (Å²) in [4.78, 5) is 12.3. The molecule has 0 aromatic heterocycles. The predicted octanol–water partition coefficient (Wildman–Crippen LogP) is 3.80. The Bertz CT molecular complexity index is 1010. The number of hydrogen-bond donors (Lipinski definition) is 1. The fraction of sp³-hybridized carbons (Fsp3) is 0.211. The average Bonchev–Trinajstić information content (AvgIpc) is 3.24. The molecule has 1 atom stereocenters. The second kappa shape index (κ2) is 5.42. The summed E-state index contributed by atoms with van der Waals surface area (Å²) in [6.07, 6.45) is -4.55. The molecule has 3 aliphatic heterocycles. The van der Waals surface area contributed by atoms with Crippen molar-refractivity contribution in [3.05, 3.63) is 64.4 Å². The van der Waals surface area contributed by atoms with E-state index in [1.54, 1.807) is 12.1 Å². The SMILES string of the molecule is O=C1OCC2=C1[C@H](c1ccccc1C(F)(F)F)c1cc3c(cc1N2)OCO3. The second-order valence-electron chi connectivity index (χ2n) is 6.40. The topological polar surface area (TPSA) is 56.8 Å². The zero-order chi connectivity index (χ0) is 18.8. The second-order valence-corrected chi connectivity index (χ2v) is 6.40. The van der Waals surface area contributed by atoms with Gasteiger partial charge in [-0.2, -0.15) is 13.2 Å². The molecule has 2 aromatic rings. The van der Waals surface area contributed by atoms with Crippen LogP contribution in [0.15, 0.2) is 47.7 Å². The van der Waals surface area contributed by atoms with Gasteiger partial charge in [0.1, 0.15) is 6.61 Å². The molecule has 0 fully saturated rings. The summed E-state index contributed by atoms with van der Waals surface area (Å²) in [6.45, 7) is 0.0317. The lowest BCUT2D eigenvalue weighted by atomic mass is 9.79. The highest BCUT2D eigenvalue weighted by atomic mass is 19.4. The Morgan fingerprint density at radius 1 is 1.00 bits per heavy atom. The van der Waals surface area contributed by atoms with Crippen molar-refractivity contribution in [1.29, 1.82) is 0 Å². The summed E-state index contributed by atoms with van der Waals surface area (Å²) in [5.74, 6) is -0.611. The number of halogens is 3. The number of esters is 1. The van der Waals surface area contributed by atoms with E-state index >= 15 is 0 Å². The van der Waals surface area contributed by atoms with Gasteiger partial charge in [-0.05, 0) is 23.3 Å². The van der Waals surface area contributed by atoms with E-state index in [4.69, 9.17) is 14.2 Å². The maximum absolute atomic E-state index is 13.6. The van der Waals surface area contributed by atoms with Crippen LogP contribution >= 0.6 is 0 Å². The predicted molar refractivity (Wildman–Crippen MR) is 87.5 cm³/mol. The Kier molecular flexibility index (Phi) is 3.22. The number of benzene rings is 2. The molecule has 27 heavy (non-hydrogen) atoms. The number of carbonyl (C=O) groups is 1. The van der Waals surface area contributed by atoms with Gasteiger partial charge in [0.2, 0.25) is 6.79 Å². The molecule has 3 heterocycles. The van der Waals surface area contributed by atoms with Crippen molar-refractivity contribution < 1.29 is 32.2 Å².